The quantitative estimate of drug-likeness (QED) is 0.254. The van der Waals surface area contributed by atoms with Crippen LogP contribution in [0.15, 0.2) is 0 Å². The van der Waals surface area contributed by atoms with Crippen LogP contribution < -0.4 is 10.8 Å². The third-order valence-electron chi connectivity index (χ3n) is 2.18. The number of carbonyl (C=O) groups excluding carboxylic acids is 1. The summed E-state index contributed by atoms with van der Waals surface area (Å²) in [5.74, 6) is 3.73. The van der Waals surface area contributed by atoms with Crippen LogP contribution in [0.4, 0.5) is 0 Å². The lowest BCUT2D eigenvalue weighted by Crippen LogP contribution is -2.47. The van der Waals surface area contributed by atoms with Gasteiger partial charge in [-0.3, -0.25) is 14.2 Å². The van der Waals surface area contributed by atoms with E-state index >= 15 is 0 Å². The van der Waals surface area contributed by atoms with Gasteiger partial charge in [-0.25, -0.2) is 5.48 Å². The Morgan fingerprint density at radius 3 is 2.44 bits per heavy atom. The van der Waals surface area contributed by atoms with E-state index in [4.69, 9.17) is 5.21 Å². The molecule has 0 aromatic rings. The molecule has 0 aromatic carbocycles. The van der Waals surface area contributed by atoms with Crippen molar-refractivity contribution in [1.82, 2.24) is 10.8 Å². The Balaban J connectivity index is 4.00. The molecule has 1 unspecified atom stereocenters. The molecular formula is C10H22N2O3S. The third kappa shape index (κ3) is 6.81. The Morgan fingerprint density at radius 2 is 2.06 bits per heavy atom. The van der Waals surface area contributed by atoms with Crippen LogP contribution in [0.3, 0.4) is 0 Å². The number of rotatable bonds is 7. The molecular weight excluding hydrogens is 228 g/mol. The highest BCUT2D eigenvalue weighted by molar-refractivity contribution is 7.99. The van der Waals surface area contributed by atoms with Crippen LogP contribution in [0.5, 0.6) is 0 Å². The number of hydrogen-bond donors (Lipinski definition) is 3. The summed E-state index contributed by atoms with van der Waals surface area (Å²) in [7, 11) is -1.96. The third-order valence-corrected chi connectivity index (χ3v) is 3.33. The van der Waals surface area contributed by atoms with Gasteiger partial charge in [0.2, 0.25) is 0 Å². The van der Waals surface area contributed by atoms with Gasteiger partial charge in [0.25, 0.3) is 5.91 Å². The highest BCUT2D eigenvalue weighted by atomic mass is 32.2. The van der Waals surface area contributed by atoms with Gasteiger partial charge < -0.3 is 5.32 Å². The summed E-state index contributed by atoms with van der Waals surface area (Å²) in [6.07, 6.45) is 2.31. The zero-order chi connectivity index (χ0) is 12.8. The number of nitrogens with one attached hydrogen (secondary N) is 2. The molecule has 1 amide bonds. The molecule has 0 aliphatic carbocycles. The van der Waals surface area contributed by atoms with E-state index in [1.807, 2.05) is 13.8 Å². The number of amides is 1. The first kappa shape index (κ1) is 15.4. The largest absolute Gasteiger partial charge is 0.306 e. The molecule has 0 aliphatic heterocycles. The van der Waals surface area contributed by atoms with Gasteiger partial charge in [0.1, 0.15) is 0 Å². The molecule has 0 saturated heterocycles. The average molecular weight is 250 g/mol. The van der Waals surface area contributed by atoms with Crippen LogP contribution in [0.1, 0.15) is 20.3 Å². The Labute approximate surface area is 97.6 Å². The van der Waals surface area contributed by atoms with E-state index in [9.17, 15) is 9.00 Å². The van der Waals surface area contributed by atoms with Gasteiger partial charge >= 0.3 is 0 Å². The van der Waals surface area contributed by atoms with Crippen molar-refractivity contribution in [2.45, 2.75) is 26.3 Å². The first-order valence-electron chi connectivity index (χ1n) is 5.25. The maximum atomic E-state index is 11.3. The van der Waals surface area contributed by atoms with Crippen LogP contribution >= 0.6 is 0 Å². The van der Waals surface area contributed by atoms with Gasteiger partial charge in [-0.05, 0) is 34.3 Å². The predicted molar refractivity (Wildman–Crippen MR) is 67.2 cm³/mol. The fourth-order valence-electron chi connectivity index (χ4n) is 1.34. The molecule has 0 radical (unpaired) electrons. The van der Waals surface area contributed by atoms with Gasteiger partial charge in [-0.15, -0.1) is 0 Å². The molecule has 96 valence electrons. The van der Waals surface area contributed by atoms with Crippen molar-refractivity contribution in [1.29, 1.82) is 0 Å². The van der Waals surface area contributed by atoms with E-state index in [1.165, 1.54) is 0 Å². The smallest absolute Gasteiger partial charge is 0.260 e. The second-order valence-corrected chi connectivity index (χ2v) is 7.17. The fraction of sp³-hybridized carbons (Fsp3) is 0.800. The molecule has 3 N–H and O–H groups in total. The minimum absolute atomic E-state index is 0.0814. The van der Waals surface area contributed by atoms with Crippen LogP contribution in [0.2, 0.25) is 0 Å². The lowest BCUT2D eigenvalue weighted by atomic mass is 10.0. The predicted octanol–water partition coefficient (Wildman–Crippen LogP) is -0.158. The minimum atomic E-state index is -1.96. The maximum absolute atomic E-state index is 11.3. The molecule has 0 saturated carbocycles. The second-order valence-electron chi connectivity index (χ2n) is 4.39. The number of hydrogen-bond acceptors (Lipinski definition) is 4. The van der Waals surface area contributed by atoms with Gasteiger partial charge in [-0.2, -0.15) is 0 Å². The van der Waals surface area contributed by atoms with Crippen LogP contribution in [0.25, 0.3) is 0 Å². The van der Waals surface area contributed by atoms with Crippen molar-refractivity contribution in [2.24, 2.45) is 5.92 Å². The molecule has 0 fully saturated rings. The van der Waals surface area contributed by atoms with Gasteiger partial charge in [0, 0.05) is 12.0 Å². The summed E-state index contributed by atoms with van der Waals surface area (Å²) < 4.78 is 11.3. The van der Waals surface area contributed by atoms with Crippen molar-refractivity contribution in [3.05, 3.63) is 0 Å². The molecule has 0 rings (SSSR count). The Bertz CT molecular complexity index is 312. The van der Waals surface area contributed by atoms with Crippen LogP contribution in [-0.4, -0.2) is 45.8 Å². The topological polar surface area (TPSA) is 78.4 Å². The zero-order valence-electron chi connectivity index (χ0n) is 10.2. The van der Waals surface area contributed by atoms with Crippen molar-refractivity contribution in [3.63, 3.8) is 0 Å². The Kier molecular flexibility index (Phi) is 6.62. The maximum Gasteiger partial charge on any atom is 0.260 e. The molecule has 16 heavy (non-hydrogen) atoms. The number of carbonyl (C=O) groups is 1. The lowest BCUT2D eigenvalue weighted by molar-refractivity contribution is -0.132. The normalized spacial score (nSPS) is 16.8. The summed E-state index contributed by atoms with van der Waals surface area (Å²) in [4.78, 5) is 11.3. The highest BCUT2D eigenvalue weighted by Gasteiger charge is 2.20. The van der Waals surface area contributed by atoms with E-state index in [0.29, 0.717) is 18.7 Å². The molecule has 6 heteroatoms. The molecule has 0 spiro atoms. The van der Waals surface area contributed by atoms with Crippen molar-refractivity contribution >= 4 is 21.3 Å². The Morgan fingerprint density at radius 1 is 1.50 bits per heavy atom. The van der Waals surface area contributed by atoms with E-state index in [0.717, 1.165) is 0 Å². The molecule has 0 heterocycles. The molecule has 0 aromatic heterocycles. The molecule has 5 nitrogen and oxygen atoms in total. The molecule has 2 atom stereocenters. The van der Waals surface area contributed by atoms with E-state index < -0.39 is 21.5 Å². The first-order valence-corrected chi connectivity index (χ1v) is 7.55. The monoisotopic (exact) mass is 250 g/mol. The summed E-state index contributed by atoms with van der Waals surface area (Å²) in [6, 6.07) is -0.428. The highest BCUT2D eigenvalue weighted by Crippen LogP contribution is 2.01. The zero-order valence-corrected chi connectivity index (χ0v) is 11.0. The minimum Gasteiger partial charge on any atom is -0.306 e. The average Bonchev–Trinajstić information content (AvgIpc) is 2.14. The molecule has 0 bridgehead atoms. The van der Waals surface area contributed by atoms with E-state index in [2.05, 4.69) is 11.2 Å². The lowest BCUT2D eigenvalue weighted by Gasteiger charge is -2.20. The Hall–Kier alpha value is -0.590. The standard InChI is InChI=1S/C10H22N2O3S/c1-8(2)9(10(13)12-14)11-6-5-7-16(3,4)15/h8-9,11,14H,3,5-7H2,1-2,4H3,(H,12,13)/t9-,16?/m1/s1. The summed E-state index contributed by atoms with van der Waals surface area (Å²) in [6.45, 7) is 4.35. The summed E-state index contributed by atoms with van der Waals surface area (Å²) >= 11 is 0. The summed E-state index contributed by atoms with van der Waals surface area (Å²) in [5, 5.41) is 11.6. The van der Waals surface area contributed by atoms with Crippen LogP contribution in [0, 0.1) is 5.92 Å². The molecule has 0 aliphatic rings. The van der Waals surface area contributed by atoms with Gasteiger partial charge in [0.05, 0.1) is 6.04 Å². The van der Waals surface area contributed by atoms with Gasteiger partial charge in [0.15, 0.2) is 0 Å². The van der Waals surface area contributed by atoms with E-state index in [1.54, 1.807) is 11.7 Å². The number of hydroxylamine groups is 1. The first-order chi connectivity index (χ1) is 7.28. The SMILES string of the molecule is C=S(C)(=O)CCCN[C@@H](C(=O)NO)C(C)C. The van der Waals surface area contributed by atoms with Crippen molar-refractivity contribution in [3.8, 4) is 0 Å². The van der Waals surface area contributed by atoms with Crippen LogP contribution in [-0.2, 0) is 14.3 Å². The fourth-order valence-corrected chi connectivity index (χ4v) is 2.09. The van der Waals surface area contributed by atoms with E-state index in [-0.39, 0.29) is 5.92 Å². The second kappa shape index (κ2) is 6.88. The van der Waals surface area contributed by atoms with Gasteiger partial charge in [-0.1, -0.05) is 13.8 Å². The summed E-state index contributed by atoms with van der Waals surface area (Å²) in [5.41, 5.74) is 1.63. The van der Waals surface area contributed by atoms with Crippen molar-refractivity contribution in [2.75, 3.05) is 18.6 Å². The van der Waals surface area contributed by atoms with Crippen molar-refractivity contribution < 1.29 is 14.2 Å².